The van der Waals surface area contributed by atoms with E-state index in [2.05, 4.69) is 27.7 Å². The molecule has 2 bridgehead atoms. The smallest absolute Gasteiger partial charge is 0.166 e. The zero-order valence-electron chi connectivity index (χ0n) is 16.1. The Bertz CT molecular complexity index is 617. The van der Waals surface area contributed by atoms with E-state index in [1.165, 1.54) is 0 Å². The lowest BCUT2D eigenvalue weighted by molar-refractivity contribution is -0.118. The van der Waals surface area contributed by atoms with Gasteiger partial charge in [-0.3, -0.25) is 4.79 Å². The number of hydrogen-bond acceptors (Lipinski definition) is 4. The maximum atomic E-state index is 13.1. The van der Waals surface area contributed by atoms with Crippen LogP contribution < -0.4 is 0 Å². The SMILES string of the molecule is COC[C@@]1(O)CC[C@@H]2/C1=C\[C@H]1C(=O)C(C(C)C)=C(C[C@H](O)[C@@H]2C)[C@@H]1C. The summed E-state index contributed by atoms with van der Waals surface area (Å²) in [5.41, 5.74) is 1.92. The Hall–Kier alpha value is -0.970. The fraction of sp³-hybridized carbons (Fsp3) is 0.762. The summed E-state index contributed by atoms with van der Waals surface area (Å²) >= 11 is 0. The molecule has 140 valence electrons. The Balaban J connectivity index is 2.12. The van der Waals surface area contributed by atoms with Gasteiger partial charge in [0.25, 0.3) is 0 Å². The third-order valence-electron chi connectivity index (χ3n) is 6.80. The average molecular weight is 348 g/mol. The van der Waals surface area contributed by atoms with Gasteiger partial charge in [0.15, 0.2) is 5.78 Å². The molecule has 3 aliphatic rings. The monoisotopic (exact) mass is 348 g/mol. The van der Waals surface area contributed by atoms with Gasteiger partial charge in [0.1, 0.15) is 5.60 Å². The quantitative estimate of drug-likeness (QED) is 0.770. The van der Waals surface area contributed by atoms with Crippen LogP contribution in [0.25, 0.3) is 0 Å². The normalized spacial score (nSPS) is 43.6. The zero-order valence-corrected chi connectivity index (χ0v) is 16.1. The van der Waals surface area contributed by atoms with Gasteiger partial charge in [-0.2, -0.15) is 0 Å². The minimum Gasteiger partial charge on any atom is -0.392 e. The Kier molecular flexibility index (Phi) is 5.00. The van der Waals surface area contributed by atoms with Crippen LogP contribution in [-0.4, -0.2) is 41.4 Å². The van der Waals surface area contributed by atoms with Crippen LogP contribution in [0.3, 0.4) is 0 Å². The fourth-order valence-corrected chi connectivity index (χ4v) is 5.33. The van der Waals surface area contributed by atoms with Crippen molar-refractivity contribution in [2.45, 2.75) is 58.7 Å². The molecule has 0 unspecified atom stereocenters. The minimum absolute atomic E-state index is 0.0553. The molecule has 25 heavy (non-hydrogen) atoms. The highest BCUT2D eigenvalue weighted by Crippen LogP contribution is 2.50. The predicted octanol–water partition coefficient (Wildman–Crippen LogP) is 2.89. The Labute approximate surface area is 151 Å². The van der Waals surface area contributed by atoms with Crippen LogP contribution in [0.1, 0.15) is 47.0 Å². The highest BCUT2D eigenvalue weighted by atomic mass is 16.5. The number of ether oxygens (including phenoxy) is 1. The van der Waals surface area contributed by atoms with Gasteiger partial charge in [0.2, 0.25) is 0 Å². The maximum Gasteiger partial charge on any atom is 0.166 e. The molecule has 4 nitrogen and oxygen atoms in total. The minimum atomic E-state index is -1.02. The van der Waals surface area contributed by atoms with Crippen molar-refractivity contribution in [1.82, 2.24) is 0 Å². The van der Waals surface area contributed by atoms with Crippen LogP contribution in [-0.2, 0) is 9.53 Å². The van der Waals surface area contributed by atoms with E-state index in [4.69, 9.17) is 4.74 Å². The van der Waals surface area contributed by atoms with E-state index in [-0.39, 0.29) is 42.0 Å². The molecule has 4 heteroatoms. The average Bonchev–Trinajstić information content (AvgIpc) is 2.97. The molecule has 0 aliphatic heterocycles. The topological polar surface area (TPSA) is 66.8 Å². The summed E-state index contributed by atoms with van der Waals surface area (Å²) in [4.78, 5) is 13.1. The van der Waals surface area contributed by atoms with Crippen molar-refractivity contribution >= 4 is 5.78 Å². The summed E-state index contributed by atoms with van der Waals surface area (Å²) in [6.45, 7) is 8.51. The Morgan fingerprint density at radius 3 is 2.64 bits per heavy atom. The number of aliphatic hydroxyl groups excluding tert-OH is 1. The van der Waals surface area contributed by atoms with Crippen LogP contribution in [0, 0.1) is 29.6 Å². The van der Waals surface area contributed by atoms with Crippen molar-refractivity contribution in [3.8, 4) is 0 Å². The van der Waals surface area contributed by atoms with Crippen molar-refractivity contribution in [2.24, 2.45) is 29.6 Å². The third-order valence-corrected chi connectivity index (χ3v) is 6.80. The summed E-state index contributed by atoms with van der Waals surface area (Å²) in [7, 11) is 1.60. The summed E-state index contributed by atoms with van der Waals surface area (Å²) in [6, 6.07) is 0. The van der Waals surface area contributed by atoms with Gasteiger partial charge in [-0.1, -0.05) is 39.3 Å². The van der Waals surface area contributed by atoms with Crippen molar-refractivity contribution in [1.29, 1.82) is 0 Å². The van der Waals surface area contributed by atoms with E-state index in [1.807, 2.05) is 6.08 Å². The maximum absolute atomic E-state index is 13.1. The number of ketones is 1. The third kappa shape index (κ3) is 2.92. The van der Waals surface area contributed by atoms with E-state index in [0.717, 1.165) is 23.1 Å². The molecule has 6 atom stereocenters. The van der Waals surface area contributed by atoms with Gasteiger partial charge < -0.3 is 14.9 Å². The molecule has 3 aliphatic carbocycles. The highest BCUT2D eigenvalue weighted by Gasteiger charge is 2.49. The predicted molar refractivity (Wildman–Crippen MR) is 96.9 cm³/mol. The second kappa shape index (κ2) is 6.64. The second-order valence-electron chi connectivity index (χ2n) is 8.63. The lowest BCUT2D eigenvalue weighted by Gasteiger charge is -2.31. The number of carbonyl (C=O) groups excluding carboxylic acids is 1. The number of hydrogen-bond donors (Lipinski definition) is 2. The molecule has 0 radical (unpaired) electrons. The Morgan fingerprint density at radius 2 is 2.04 bits per heavy atom. The van der Waals surface area contributed by atoms with Gasteiger partial charge in [0, 0.05) is 13.0 Å². The number of allylic oxidation sites excluding steroid dienone is 2. The number of Topliss-reactive ketones (excluding diaryl/α,β-unsaturated/α-hetero) is 1. The van der Waals surface area contributed by atoms with E-state index in [1.54, 1.807) is 7.11 Å². The highest BCUT2D eigenvalue weighted by molar-refractivity contribution is 6.02. The lowest BCUT2D eigenvalue weighted by Crippen LogP contribution is -2.36. The summed E-state index contributed by atoms with van der Waals surface area (Å²) in [5.74, 6) is 0.372. The molecule has 1 fully saturated rings. The summed E-state index contributed by atoms with van der Waals surface area (Å²) < 4.78 is 5.29. The first-order chi connectivity index (χ1) is 11.7. The number of rotatable bonds is 3. The molecular weight excluding hydrogens is 316 g/mol. The molecule has 0 saturated heterocycles. The standard InChI is InChI=1S/C21H32O4/c1-11(2)19-15-9-18(22)13(4)14-6-7-21(24,10-25-5)17(14)8-16(12(15)3)20(19)23/h8,11-14,16,18,22,24H,6-7,9-10H2,1-5H3/b17-8+/t12-,13+,14-,16+,18-,21-/m0/s1. The molecular formula is C21H32O4. The number of fused-ring (bicyclic) bond motifs is 3. The van der Waals surface area contributed by atoms with Crippen LogP contribution >= 0.6 is 0 Å². The van der Waals surface area contributed by atoms with E-state index in [0.29, 0.717) is 12.8 Å². The molecule has 0 aromatic rings. The number of carbonyl (C=O) groups is 1. The largest absolute Gasteiger partial charge is 0.392 e. The molecule has 3 rings (SSSR count). The first kappa shape index (κ1) is 18.8. The van der Waals surface area contributed by atoms with Gasteiger partial charge in [-0.05, 0) is 54.1 Å². The molecule has 0 aromatic heterocycles. The van der Waals surface area contributed by atoms with Gasteiger partial charge in [-0.25, -0.2) is 0 Å². The molecule has 2 N–H and O–H groups in total. The molecule has 0 aromatic carbocycles. The van der Waals surface area contributed by atoms with Crippen molar-refractivity contribution in [2.75, 3.05) is 13.7 Å². The van der Waals surface area contributed by atoms with Gasteiger partial charge >= 0.3 is 0 Å². The first-order valence-electron chi connectivity index (χ1n) is 9.60. The van der Waals surface area contributed by atoms with Gasteiger partial charge in [0.05, 0.1) is 12.7 Å². The van der Waals surface area contributed by atoms with Crippen molar-refractivity contribution in [3.05, 3.63) is 22.8 Å². The molecule has 1 saturated carbocycles. The fourth-order valence-electron chi connectivity index (χ4n) is 5.33. The Morgan fingerprint density at radius 1 is 1.36 bits per heavy atom. The van der Waals surface area contributed by atoms with Crippen molar-refractivity contribution < 1.29 is 19.7 Å². The zero-order chi connectivity index (χ0) is 18.5. The first-order valence-corrected chi connectivity index (χ1v) is 9.60. The van der Waals surface area contributed by atoms with E-state index in [9.17, 15) is 15.0 Å². The van der Waals surface area contributed by atoms with E-state index < -0.39 is 11.7 Å². The molecule has 0 amide bonds. The molecule has 0 heterocycles. The lowest BCUT2D eigenvalue weighted by atomic mass is 9.79. The van der Waals surface area contributed by atoms with E-state index >= 15 is 0 Å². The molecule has 0 spiro atoms. The second-order valence-corrected chi connectivity index (χ2v) is 8.63. The van der Waals surface area contributed by atoms with Crippen LogP contribution in [0.5, 0.6) is 0 Å². The summed E-state index contributed by atoms with van der Waals surface area (Å²) in [6.07, 6.45) is 3.57. The number of methoxy groups -OCH3 is 1. The van der Waals surface area contributed by atoms with Crippen LogP contribution in [0.15, 0.2) is 22.8 Å². The van der Waals surface area contributed by atoms with Crippen LogP contribution in [0.4, 0.5) is 0 Å². The summed E-state index contributed by atoms with van der Waals surface area (Å²) in [5, 5.41) is 22.1. The number of aliphatic hydroxyl groups is 2. The van der Waals surface area contributed by atoms with Gasteiger partial charge in [-0.15, -0.1) is 0 Å². The van der Waals surface area contributed by atoms with Crippen molar-refractivity contribution in [3.63, 3.8) is 0 Å². The van der Waals surface area contributed by atoms with Crippen LogP contribution in [0.2, 0.25) is 0 Å².